The normalized spacial score (nSPS) is 12.2. The summed E-state index contributed by atoms with van der Waals surface area (Å²) in [6, 6.07) is 14.9. The highest BCUT2D eigenvalue weighted by atomic mass is 35.5. The summed E-state index contributed by atoms with van der Waals surface area (Å²) in [6.45, 7) is 1.91. The minimum atomic E-state index is -0.209. The van der Waals surface area contributed by atoms with E-state index >= 15 is 0 Å². The predicted molar refractivity (Wildman–Crippen MR) is 135 cm³/mol. The van der Waals surface area contributed by atoms with E-state index in [2.05, 4.69) is 26.5 Å². The molecule has 0 aliphatic carbocycles. The SMILES string of the molecule is CC(=O)n1cc(Nc2nccc(-c3cc(C#N)c4c(c3)CCN4C(=O)Cc3ccccc3Cl)n2)cn1. The van der Waals surface area contributed by atoms with Crippen LogP contribution in [0.4, 0.5) is 17.3 Å². The summed E-state index contributed by atoms with van der Waals surface area (Å²) in [4.78, 5) is 35.0. The van der Waals surface area contributed by atoms with E-state index in [4.69, 9.17) is 11.6 Å². The molecular weight excluding hydrogens is 478 g/mol. The third kappa shape index (κ3) is 4.54. The number of nitrogens with zero attached hydrogens (tertiary/aromatic N) is 6. The fraction of sp³-hybridized carbons (Fsp3) is 0.154. The van der Waals surface area contributed by atoms with Crippen molar-refractivity contribution in [2.75, 3.05) is 16.8 Å². The monoisotopic (exact) mass is 497 g/mol. The molecule has 2 aromatic heterocycles. The van der Waals surface area contributed by atoms with Gasteiger partial charge in [-0.1, -0.05) is 29.8 Å². The van der Waals surface area contributed by atoms with Crippen LogP contribution in [-0.2, 0) is 17.6 Å². The van der Waals surface area contributed by atoms with Crippen molar-refractivity contribution in [3.63, 3.8) is 0 Å². The maximum atomic E-state index is 13.1. The van der Waals surface area contributed by atoms with Crippen molar-refractivity contribution in [1.82, 2.24) is 19.7 Å². The van der Waals surface area contributed by atoms with Crippen LogP contribution in [0.1, 0.15) is 28.4 Å². The fourth-order valence-electron chi connectivity index (χ4n) is 4.20. The molecule has 1 amide bonds. The smallest absolute Gasteiger partial charge is 0.243 e. The zero-order valence-corrected chi connectivity index (χ0v) is 20.0. The third-order valence-electron chi connectivity index (χ3n) is 5.90. The lowest BCUT2D eigenvalue weighted by Crippen LogP contribution is -2.31. The Bertz CT molecular complexity index is 1540. The molecule has 0 saturated carbocycles. The van der Waals surface area contributed by atoms with Gasteiger partial charge in [0.25, 0.3) is 0 Å². The number of fused-ring (bicyclic) bond motifs is 1. The van der Waals surface area contributed by atoms with Crippen LogP contribution >= 0.6 is 11.6 Å². The zero-order valence-electron chi connectivity index (χ0n) is 19.3. The Morgan fingerprint density at radius 1 is 1.22 bits per heavy atom. The maximum absolute atomic E-state index is 13.1. The largest absolute Gasteiger partial charge is 0.321 e. The predicted octanol–water partition coefficient (Wildman–Crippen LogP) is 4.40. The molecule has 1 aliphatic rings. The van der Waals surface area contributed by atoms with Crippen molar-refractivity contribution in [2.24, 2.45) is 0 Å². The van der Waals surface area contributed by atoms with Crippen LogP contribution in [0.25, 0.3) is 11.3 Å². The van der Waals surface area contributed by atoms with E-state index in [1.807, 2.05) is 24.3 Å². The number of amides is 1. The van der Waals surface area contributed by atoms with Crippen LogP contribution in [-0.4, -0.2) is 38.1 Å². The summed E-state index contributed by atoms with van der Waals surface area (Å²) in [7, 11) is 0. The standard InChI is InChI=1S/C26H20ClN7O2/c1-16(35)34-15-21(14-30-34)31-26-29-8-6-23(32-26)19-10-18-7-9-33(25(18)20(11-19)13-28)24(36)12-17-4-2-3-5-22(17)27/h2-6,8,10-11,14-15H,7,9,12H2,1H3,(H,29,31,32). The lowest BCUT2D eigenvalue weighted by Gasteiger charge is -2.19. The summed E-state index contributed by atoms with van der Waals surface area (Å²) in [5, 5.41) is 17.5. The number of rotatable bonds is 5. The fourth-order valence-corrected chi connectivity index (χ4v) is 4.40. The van der Waals surface area contributed by atoms with Crippen molar-refractivity contribution >= 4 is 40.7 Å². The Balaban J connectivity index is 1.42. The second-order valence-electron chi connectivity index (χ2n) is 8.29. The number of anilines is 3. The molecule has 0 saturated heterocycles. The highest BCUT2D eigenvalue weighted by Gasteiger charge is 2.29. The number of benzene rings is 2. The summed E-state index contributed by atoms with van der Waals surface area (Å²) < 4.78 is 1.21. The van der Waals surface area contributed by atoms with E-state index < -0.39 is 0 Å². The molecule has 0 atom stereocenters. The number of nitriles is 1. The summed E-state index contributed by atoms with van der Waals surface area (Å²) in [6.07, 6.45) is 5.46. The van der Waals surface area contributed by atoms with Gasteiger partial charge in [-0.25, -0.2) is 14.6 Å². The van der Waals surface area contributed by atoms with Crippen LogP contribution in [0, 0.1) is 11.3 Å². The Morgan fingerprint density at radius 2 is 2.06 bits per heavy atom. The lowest BCUT2D eigenvalue weighted by atomic mass is 10.0. The molecule has 36 heavy (non-hydrogen) atoms. The lowest BCUT2D eigenvalue weighted by molar-refractivity contribution is -0.117. The molecule has 10 heteroatoms. The van der Waals surface area contributed by atoms with Crippen LogP contribution in [0.2, 0.25) is 5.02 Å². The van der Waals surface area contributed by atoms with Crippen LogP contribution in [0.5, 0.6) is 0 Å². The average Bonchev–Trinajstić information content (AvgIpc) is 3.52. The Hall–Kier alpha value is -4.55. The van der Waals surface area contributed by atoms with Crippen LogP contribution in [0.15, 0.2) is 61.1 Å². The number of hydrogen-bond donors (Lipinski definition) is 1. The number of carbonyl (C=O) groups excluding carboxylic acids is 2. The Morgan fingerprint density at radius 3 is 2.81 bits per heavy atom. The molecule has 0 spiro atoms. The van der Waals surface area contributed by atoms with E-state index in [0.29, 0.717) is 46.6 Å². The van der Waals surface area contributed by atoms with Gasteiger partial charge in [0.05, 0.1) is 41.4 Å². The molecule has 1 N–H and O–H groups in total. The third-order valence-corrected chi connectivity index (χ3v) is 6.27. The molecule has 178 valence electrons. The van der Waals surface area contributed by atoms with Crippen molar-refractivity contribution in [1.29, 1.82) is 5.26 Å². The number of aromatic nitrogens is 4. The molecule has 1 aliphatic heterocycles. The highest BCUT2D eigenvalue weighted by Crippen LogP contribution is 2.36. The van der Waals surface area contributed by atoms with Crippen molar-refractivity contribution in [3.05, 3.63) is 82.8 Å². The van der Waals surface area contributed by atoms with Gasteiger partial charge in [-0.15, -0.1) is 0 Å². The number of halogens is 1. The van der Waals surface area contributed by atoms with Gasteiger partial charge in [0.1, 0.15) is 6.07 Å². The average molecular weight is 498 g/mol. The second kappa shape index (κ2) is 9.60. The van der Waals surface area contributed by atoms with Gasteiger partial charge >= 0.3 is 0 Å². The molecule has 0 fully saturated rings. The first-order valence-corrected chi connectivity index (χ1v) is 11.6. The first-order chi connectivity index (χ1) is 17.4. The van der Waals surface area contributed by atoms with Gasteiger partial charge < -0.3 is 10.2 Å². The van der Waals surface area contributed by atoms with Gasteiger partial charge in [-0.3, -0.25) is 9.59 Å². The molecule has 4 aromatic rings. The van der Waals surface area contributed by atoms with Gasteiger partial charge in [-0.2, -0.15) is 10.4 Å². The Kier molecular flexibility index (Phi) is 6.19. The van der Waals surface area contributed by atoms with E-state index in [1.165, 1.54) is 17.8 Å². The summed E-state index contributed by atoms with van der Waals surface area (Å²) in [5.74, 6) is 0.0103. The quantitative estimate of drug-likeness (QED) is 0.434. The molecule has 0 unspecified atom stereocenters. The van der Waals surface area contributed by atoms with Gasteiger partial charge in [0, 0.05) is 30.3 Å². The van der Waals surface area contributed by atoms with Gasteiger partial charge in [-0.05, 0) is 41.8 Å². The highest BCUT2D eigenvalue weighted by molar-refractivity contribution is 6.31. The van der Waals surface area contributed by atoms with E-state index in [1.54, 1.807) is 35.5 Å². The summed E-state index contributed by atoms with van der Waals surface area (Å²) >= 11 is 6.24. The van der Waals surface area contributed by atoms with Crippen molar-refractivity contribution in [3.8, 4) is 17.3 Å². The maximum Gasteiger partial charge on any atom is 0.243 e. The van der Waals surface area contributed by atoms with Gasteiger partial charge in [0.15, 0.2) is 0 Å². The van der Waals surface area contributed by atoms with E-state index in [9.17, 15) is 14.9 Å². The number of hydrogen-bond acceptors (Lipinski definition) is 7. The van der Waals surface area contributed by atoms with Crippen molar-refractivity contribution in [2.45, 2.75) is 19.8 Å². The molecule has 0 bridgehead atoms. The van der Waals surface area contributed by atoms with E-state index in [-0.39, 0.29) is 18.2 Å². The summed E-state index contributed by atoms with van der Waals surface area (Å²) in [5.41, 5.74) is 4.64. The van der Waals surface area contributed by atoms with Crippen molar-refractivity contribution < 1.29 is 9.59 Å². The molecule has 2 aromatic carbocycles. The number of nitrogens with one attached hydrogen (secondary N) is 1. The molecular formula is C26H20ClN7O2. The first-order valence-electron chi connectivity index (χ1n) is 11.2. The minimum absolute atomic E-state index is 0.106. The van der Waals surface area contributed by atoms with Crippen LogP contribution in [0.3, 0.4) is 0 Å². The number of carbonyl (C=O) groups is 2. The minimum Gasteiger partial charge on any atom is -0.321 e. The zero-order chi connectivity index (χ0) is 25.2. The van der Waals surface area contributed by atoms with Crippen LogP contribution < -0.4 is 10.2 Å². The molecule has 0 radical (unpaired) electrons. The topological polar surface area (TPSA) is 117 Å². The second-order valence-corrected chi connectivity index (χ2v) is 8.70. The first kappa shape index (κ1) is 23.2. The Labute approximate surface area is 212 Å². The van der Waals surface area contributed by atoms with Gasteiger partial charge in [0.2, 0.25) is 17.8 Å². The molecule has 9 nitrogen and oxygen atoms in total. The molecule has 5 rings (SSSR count). The molecule has 3 heterocycles. The van der Waals surface area contributed by atoms with E-state index in [0.717, 1.165) is 16.7 Å².